The van der Waals surface area contributed by atoms with Crippen molar-refractivity contribution in [3.8, 4) is 5.75 Å². The van der Waals surface area contributed by atoms with Gasteiger partial charge in [0, 0.05) is 20.0 Å². The number of carbonyl (C=O) groups excluding carboxylic acids is 1. The Morgan fingerprint density at radius 3 is 2.79 bits per heavy atom. The van der Waals surface area contributed by atoms with Gasteiger partial charge in [-0.2, -0.15) is 0 Å². The third-order valence-corrected chi connectivity index (χ3v) is 2.07. The van der Waals surface area contributed by atoms with Crippen LogP contribution in [0, 0.1) is 0 Å². The Bertz CT molecular complexity index is 352. The molecule has 0 aliphatic carbocycles. The van der Waals surface area contributed by atoms with Gasteiger partial charge in [-0.3, -0.25) is 4.79 Å². The van der Waals surface area contributed by atoms with E-state index in [2.05, 4.69) is 5.32 Å². The standard InChI is InChI=1S/C10H11NO2.ClH/c1-7(12)13-10-3-2-8-5-11-6-9(8)4-10;/h2-4,11H,5-6H2,1H3;1H. The van der Waals surface area contributed by atoms with Gasteiger partial charge in [-0.15, -0.1) is 12.4 Å². The van der Waals surface area contributed by atoms with Gasteiger partial charge in [0.15, 0.2) is 0 Å². The van der Waals surface area contributed by atoms with Crippen molar-refractivity contribution in [3.05, 3.63) is 29.3 Å². The maximum atomic E-state index is 10.7. The van der Waals surface area contributed by atoms with Gasteiger partial charge in [0.1, 0.15) is 5.75 Å². The largest absolute Gasteiger partial charge is 0.427 e. The van der Waals surface area contributed by atoms with Crippen molar-refractivity contribution in [2.75, 3.05) is 0 Å². The van der Waals surface area contributed by atoms with Crippen LogP contribution in [0.2, 0.25) is 0 Å². The molecular weight excluding hydrogens is 202 g/mol. The highest BCUT2D eigenvalue weighted by atomic mass is 35.5. The van der Waals surface area contributed by atoms with Crippen LogP contribution in [0.1, 0.15) is 18.1 Å². The number of benzene rings is 1. The quantitative estimate of drug-likeness (QED) is 0.569. The molecule has 76 valence electrons. The van der Waals surface area contributed by atoms with Gasteiger partial charge in [0.2, 0.25) is 0 Å². The number of halogens is 1. The van der Waals surface area contributed by atoms with Crippen LogP contribution in [-0.2, 0) is 17.9 Å². The van der Waals surface area contributed by atoms with Crippen molar-refractivity contribution in [2.45, 2.75) is 20.0 Å². The summed E-state index contributed by atoms with van der Waals surface area (Å²) in [5.74, 6) is 0.362. The minimum absolute atomic E-state index is 0. The first-order valence-corrected chi connectivity index (χ1v) is 4.26. The summed E-state index contributed by atoms with van der Waals surface area (Å²) in [6.07, 6.45) is 0. The number of rotatable bonds is 1. The number of carbonyl (C=O) groups is 1. The summed E-state index contributed by atoms with van der Waals surface area (Å²) in [5, 5.41) is 3.23. The molecule has 0 amide bonds. The van der Waals surface area contributed by atoms with Gasteiger partial charge in [-0.1, -0.05) is 6.07 Å². The van der Waals surface area contributed by atoms with Crippen molar-refractivity contribution in [3.63, 3.8) is 0 Å². The summed E-state index contributed by atoms with van der Waals surface area (Å²) in [4.78, 5) is 10.7. The van der Waals surface area contributed by atoms with E-state index in [9.17, 15) is 4.79 Å². The number of hydrogen-bond acceptors (Lipinski definition) is 3. The van der Waals surface area contributed by atoms with Gasteiger partial charge in [-0.05, 0) is 23.3 Å². The molecule has 1 aliphatic heterocycles. The molecule has 3 nitrogen and oxygen atoms in total. The van der Waals surface area contributed by atoms with Crippen LogP contribution in [-0.4, -0.2) is 5.97 Å². The summed E-state index contributed by atoms with van der Waals surface area (Å²) >= 11 is 0. The van der Waals surface area contributed by atoms with Gasteiger partial charge < -0.3 is 10.1 Å². The summed E-state index contributed by atoms with van der Waals surface area (Å²) in [6, 6.07) is 5.73. The predicted molar refractivity (Wildman–Crippen MR) is 55.5 cm³/mol. The monoisotopic (exact) mass is 213 g/mol. The van der Waals surface area contributed by atoms with E-state index in [4.69, 9.17) is 4.74 Å². The molecule has 1 aliphatic rings. The van der Waals surface area contributed by atoms with Gasteiger partial charge in [0.25, 0.3) is 0 Å². The SMILES string of the molecule is CC(=O)Oc1ccc2c(c1)CNC2.Cl. The molecule has 1 N–H and O–H groups in total. The van der Waals surface area contributed by atoms with Crippen LogP contribution in [0.3, 0.4) is 0 Å². The van der Waals surface area contributed by atoms with Crippen molar-refractivity contribution < 1.29 is 9.53 Å². The summed E-state index contributed by atoms with van der Waals surface area (Å²) in [6.45, 7) is 3.19. The minimum Gasteiger partial charge on any atom is -0.427 e. The average Bonchev–Trinajstić information content (AvgIpc) is 2.49. The molecule has 1 aromatic carbocycles. The fraction of sp³-hybridized carbons (Fsp3) is 0.300. The van der Waals surface area contributed by atoms with Gasteiger partial charge in [-0.25, -0.2) is 0 Å². The van der Waals surface area contributed by atoms with E-state index < -0.39 is 0 Å². The zero-order valence-electron chi connectivity index (χ0n) is 7.87. The Morgan fingerprint density at radius 2 is 2.07 bits per heavy atom. The molecule has 0 saturated carbocycles. The normalized spacial score (nSPS) is 12.9. The van der Waals surface area contributed by atoms with E-state index in [0.29, 0.717) is 5.75 Å². The van der Waals surface area contributed by atoms with Crippen molar-refractivity contribution >= 4 is 18.4 Å². The highest BCUT2D eigenvalue weighted by Crippen LogP contribution is 2.21. The fourth-order valence-electron chi connectivity index (χ4n) is 1.50. The first-order chi connectivity index (χ1) is 6.25. The predicted octanol–water partition coefficient (Wildman–Crippen LogP) is 1.64. The van der Waals surface area contributed by atoms with E-state index in [1.165, 1.54) is 18.1 Å². The zero-order chi connectivity index (χ0) is 9.26. The Kier molecular flexibility index (Phi) is 3.49. The summed E-state index contributed by atoms with van der Waals surface area (Å²) in [5.41, 5.74) is 2.51. The molecule has 0 bridgehead atoms. The van der Waals surface area contributed by atoms with Crippen LogP contribution in [0.15, 0.2) is 18.2 Å². The molecule has 0 radical (unpaired) electrons. The van der Waals surface area contributed by atoms with Crippen LogP contribution in [0.5, 0.6) is 5.75 Å². The van der Waals surface area contributed by atoms with E-state index in [1.807, 2.05) is 18.2 Å². The Labute approximate surface area is 88.9 Å². The molecular formula is C10H12ClNO2. The van der Waals surface area contributed by atoms with E-state index >= 15 is 0 Å². The van der Waals surface area contributed by atoms with E-state index in [-0.39, 0.29) is 18.4 Å². The number of fused-ring (bicyclic) bond motifs is 1. The molecule has 0 aromatic heterocycles. The summed E-state index contributed by atoms with van der Waals surface area (Å²) in [7, 11) is 0. The van der Waals surface area contributed by atoms with Crippen molar-refractivity contribution in [2.24, 2.45) is 0 Å². The fourth-order valence-corrected chi connectivity index (χ4v) is 1.50. The third-order valence-electron chi connectivity index (χ3n) is 2.07. The topological polar surface area (TPSA) is 38.3 Å². The first-order valence-electron chi connectivity index (χ1n) is 4.26. The van der Waals surface area contributed by atoms with Crippen molar-refractivity contribution in [1.29, 1.82) is 0 Å². The molecule has 1 heterocycles. The van der Waals surface area contributed by atoms with E-state index in [0.717, 1.165) is 13.1 Å². The van der Waals surface area contributed by atoms with Crippen LogP contribution >= 0.6 is 12.4 Å². The number of nitrogens with one attached hydrogen (secondary N) is 1. The van der Waals surface area contributed by atoms with Crippen LogP contribution in [0.25, 0.3) is 0 Å². The third kappa shape index (κ3) is 2.25. The van der Waals surface area contributed by atoms with Crippen molar-refractivity contribution in [1.82, 2.24) is 5.32 Å². The lowest BCUT2D eigenvalue weighted by Gasteiger charge is -2.02. The summed E-state index contributed by atoms with van der Waals surface area (Å²) < 4.78 is 4.97. The highest BCUT2D eigenvalue weighted by Gasteiger charge is 2.10. The Balaban J connectivity index is 0.000000980. The lowest BCUT2D eigenvalue weighted by molar-refractivity contribution is -0.131. The number of hydrogen-bond donors (Lipinski definition) is 1. The number of ether oxygens (including phenoxy) is 1. The second-order valence-electron chi connectivity index (χ2n) is 3.13. The molecule has 1 aromatic rings. The first kappa shape index (κ1) is 11.0. The molecule has 0 atom stereocenters. The molecule has 0 fully saturated rings. The Morgan fingerprint density at radius 1 is 1.36 bits per heavy atom. The average molecular weight is 214 g/mol. The highest BCUT2D eigenvalue weighted by molar-refractivity contribution is 5.85. The van der Waals surface area contributed by atoms with Crippen LogP contribution < -0.4 is 10.1 Å². The maximum absolute atomic E-state index is 10.7. The second-order valence-corrected chi connectivity index (χ2v) is 3.13. The van der Waals surface area contributed by atoms with Gasteiger partial charge >= 0.3 is 5.97 Å². The molecule has 0 spiro atoms. The zero-order valence-corrected chi connectivity index (χ0v) is 8.69. The lowest BCUT2D eigenvalue weighted by atomic mass is 10.1. The Hall–Kier alpha value is -1.06. The smallest absolute Gasteiger partial charge is 0.308 e. The maximum Gasteiger partial charge on any atom is 0.308 e. The molecule has 14 heavy (non-hydrogen) atoms. The number of esters is 1. The lowest BCUT2D eigenvalue weighted by Crippen LogP contribution is -2.01. The second kappa shape index (κ2) is 4.44. The van der Waals surface area contributed by atoms with E-state index in [1.54, 1.807) is 0 Å². The molecule has 0 saturated heterocycles. The molecule has 2 rings (SSSR count). The minimum atomic E-state index is -0.272. The van der Waals surface area contributed by atoms with Crippen LogP contribution in [0.4, 0.5) is 0 Å². The molecule has 4 heteroatoms. The van der Waals surface area contributed by atoms with Gasteiger partial charge in [0.05, 0.1) is 0 Å². The molecule has 0 unspecified atom stereocenters.